The van der Waals surface area contributed by atoms with Crippen LogP contribution in [0.4, 0.5) is 5.69 Å². The maximum Gasteiger partial charge on any atom is 0.174 e. The van der Waals surface area contributed by atoms with Crippen molar-refractivity contribution in [3.05, 3.63) is 50.6 Å². The van der Waals surface area contributed by atoms with Gasteiger partial charge in [-0.15, -0.1) is 0 Å². The van der Waals surface area contributed by atoms with Crippen molar-refractivity contribution in [1.29, 1.82) is 0 Å². The monoisotopic (exact) mass is 411 g/mol. The molecule has 4 heteroatoms. The van der Waals surface area contributed by atoms with Gasteiger partial charge in [0.25, 0.3) is 0 Å². The highest BCUT2D eigenvalue weighted by molar-refractivity contribution is 14.1. The van der Waals surface area contributed by atoms with Gasteiger partial charge in [0.1, 0.15) is 0 Å². The number of methoxy groups -OCH3 is 1. The first-order valence-electron chi connectivity index (χ1n) is 7.35. The lowest BCUT2D eigenvalue weighted by atomic mass is 10.1. The van der Waals surface area contributed by atoms with E-state index in [0.29, 0.717) is 6.61 Å². The highest BCUT2D eigenvalue weighted by Gasteiger charge is 2.11. The molecule has 2 aromatic rings. The van der Waals surface area contributed by atoms with Gasteiger partial charge in [-0.1, -0.05) is 17.7 Å². The lowest BCUT2D eigenvalue weighted by Gasteiger charge is -2.15. The molecule has 0 saturated heterocycles. The van der Waals surface area contributed by atoms with Crippen LogP contribution in [0, 0.1) is 17.4 Å². The van der Waals surface area contributed by atoms with Crippen LogP contribution < -0.4 is 14.8 Å². The largest absolute Gasteiger partial charge is 0.492 e. The Bertz CT molecular complexity index is 656. The standard InChI is InChI=1S/C18H22INO2/c1-5-22-17-10-14(9-15(19)18(17)21-4)11-20-16-7-6-12(2)8-13(16)3/h6-10,20H,5,11H2,1-4H3. The normalized spacial score (nSPS) is 10.4. The van der Waals surface area contributed by atoms with Crippen molar-refractivity contribution in [2.75, 3.05) is 19.0 Å². The molecule has 0 radical (unpaired) electrons. The number of hydrogen-bond donors (Lipinski definition) is 1. The van der Waals surface area contributed by atoms with Crippen molar-refractivity contribution in [1.82, 2.24) is 0 Å². The molecule has 0 spiro atoms. The molecule has 0 unspecified atom stereocenters. The average Bonchev–Trinajstić information content (AvgIpc) is 2.46. The van der Waals surface area contributed by atoms with Gasteiger partial charge in [-0.3, -0.25) is 0 Å². The summed E-state index contributed by atoms with van der Waals surface area (Å²) >= 11 is 2.28. The Kier molecular flexibility index (Phi) is 5.94. The van der Waals surface area contributed by atoms with E-state index in [9.17, 15) is 0 Å². The van der Waals surface area contributed by atoms with Crippen LogP contribution in [0.2, 0.25) is 0 Å². The van der Waals surface area contributed by atoms with Crippen LogP contribution in [0.25, 0.3) is 0 Å². The van der Waals surface area contributed by atoms with Crippen molar-refractivity contribution in [3.63, 3.8) is 0 Å². The number of ether oxygens (including phenoxy) is 2. The van der Waals surface area contributed by atoms with Gasteiger partial charge in [-0.05, 0) is 72.7 Å². The topological polar surface area (TPSA) is 30.5 Å². The first-order chi connectivity index (χ1) is 10.5. The number of benzene rings is 2. The summed E-state index contributed by atoms with van der Waals surface area (Å²) in [5.41, 5.74) is 4.87. The SMILES string of the molecule is CCOc1cc(CNc2ccc(C)cc2C)cc(I)c1OC. The number of nitrogens with one attached hydrogen (secondary N) is 1. The van der Waals surface area contributed by atoms with Gasteiger partial charge in [0.15, 0.2) is 11.5 Å². The first-order valence-corrected chi connectivity index (χ1v) is 8.43. The Morgan fingerprint density at radius 1 is 1.14 bits per heavy atom. The lowest BCUT2D eigenvalue weighted by Crippen LogP contribution is -2.04. The van der Waals surface area contributed by atoms with Crippen LogP contribution in [0.5, 0.6) is 11.5 Å². The fourth-order valence-corrected chi connectivity index (χ4v) is 3.28. The Morgan fingerprint density at radius 2 is 1.91 bits per heavy atom. The molecule has 0 amide bonds. The van der Waals surface area contributed by atoms with Crippen LogP contribution in [-0.4, -0.2) is 13.7 Å². The molecular weight excluding hydrogens is 389 g/mol. The maximum absolute atomic E-state index is 5.68. The molecule has 0 aliphatic carbocycles. The second-order valence-corrected chi connectivity index (χ2v) is 6.38. The van der Waals surface area contributed by atoms with Crippen LogP contribution in [0.1, 0.15) is 23.6 Å². The molecule has 0 bridgehead atoms. The molecule has 22 heavy (non-hydrogen) atoms. The predicted octanol–water partition coefficient (Wildman–Crippen LogP) is 4.93. The molecular formula is C18H22INO2. The van der Waals surface area contributed by atoms with E-state index in [-0.39, 0.29) is 0 Å². The highest BCUT2D eigenvalue weighted by atomic mass is 127. The van der Waals surface area contributed by atoms with Gasteiger partial charge in [0.2, 0.25) is 0 Å². The van der Waals surface area contributed by atoms with Gasteiger partial charge < -0.3 is 14.8 Å². The number of anilines is 1. The zero-order valence-electron chi connectivity index (χ0n) is 13.5. The minimum atomic E-state index is 0.625. The van der Waals surface area contributed by atoms with E-state index in [1.54, 1.807) is 7.11 Å². The Labute approximate surface area is 146 Å². The van der Waals surface area contributed by atoms with Crippen LogP contribution in [0.3, 0.4) is 0 Å². The second-order valence-electron chi connectivity index (χ2n) is 5.21. The molecule has 2 rings (SSSR count). The summed E-state index contributed by atoms with van der Waals surface area (Å²) in [5.74, 6) is 1.60. The Morgan fingerprint density at radius 3 is 2.55 bits per heavy atom. The molecule has 1 N–H and O–H groups in total. The Hall–Kier alpha value is -1.43. The number of rotatable bonds is 6. The van der Waals surface area contributed by atoms with Crippen molar-refractivity contribution in [2.24, 2.45) is 0 Å². The van der Waals surface area contributed by atoms with Crippen molar-refractivity contribution >= 4 is 28.3 Å². The molecule has 2 aromatic carbocycles. The zero-order valence-corrected chi connectivity index (χ0v) is 15.7. The molecule has 0 aliphatic heterocycles. The number of halogens is 1. The van der Waals surface area contributed by atoms with E-state index in [2.05, 4.69) is 66.0 Å². The minimum absolute atomic E-state index is 0.625. The molecule has 3 nitrogen and oxygen atoms in total. The third-order valence-corrected chi connectivity index (χ3v) is 4.24. The lowest BCUT2D eigenvalue weighted by molar-refractivity contribution is 0.309. The van der Waals surface area contributed by atoms with E-state index >= 15 is 0 Å². The fraction of sp³-hybridized carbons (Fsp3) is 0.333. The van der Waals surface area contributed by atoms with Gasteiger partial charge in [0, 0.05) is 12.2 Å². The smallest absolute Gasteiger partial charge is 0.174 e. The Balaban J connectivity index is 2.19. The van der Waals surface area contributed by atoms with Crippen molar-refractivity contribution in [3.8, 4) is 11.5 Å². The summed E-state index contributed by atoms with van der Waals surface area (Å²) in [6, 6.07) is 10.6. The summed E-state index contributed by atoms with van der Waals surface area (Å²) in [4.78, 5) is 0. The molecule has 118 valence electrons. The minimum Gasteiger partial charge on any atom is -0.492 e. The number of hydrogen-bond acceptors (Lipinski definition) is 3. The van der Waals surface area contributed by atoms with E-state index in [1.165, 1.54) is 16.7 Å². The first kappa shape index (κ1) is 16.9. The second kappa shape index (κ2) is 7.72. The highest BCUT2D eigenvalue weighted by Crippen LogP contribution is 2.34. The van der Waals surface area contributed by atoms with Crippen molar-refractivity contribution in [2.45, 2.75) is 27.3 Å². The summed E-state index contributed by atoms with van der Waals surface area (Å²) in [7, 11) is 1.67. The molecule has 0 atom stereocenters. The molecule has 0 fully saturated rings. The van der Waals surface area contributed by atoms with Gasteiger partial charge in [-0.2, -0.15) is 0 Å². The summed E-state index contributed by atoms with van der Waals surface area (Å²) < 4.78 is 12.2. The average molecular weight is 411 g/mol. The van der Waals surface area contributed by atoms with Gasteiger partial charge in [-0.25, -0.2) is 0 Å². The van der Waals surface area contributed by atoms with Crippen LogP contribution in [0.15, 0.2) is 30.3 Å². The maximum atomic E-state index is 5.68. The molecule has 0 aromatic heterocycles. The van der Waals surface area contributed by atoms with Crippen LogP contribution in [-0.2, 0) is 6.54 Å². The number of aryl methyl sites for hydroxylation is 2. The summed E-state index contributed by atoms with van der Waals surface area (Å²) in [6.45, 7) is 7.59. The van der Waals surface area contributed by atoms with Crippen molar-refractivity contribution < 1.29 is 9.47 Å². The summed E-state index contributed by atoms with van der Waals surface area (Å²) in [5, 5.41) is 3.49. The molecule has 0 aliphatic rings. The molecule has 0 heterocycles. The van der Waals surface area contributed by atoms with E-state index in [0.717, 1.165) is 27.3 Å². The fourth-order valence-electron chi connectivity index (χ4n) is 2.39. The molecule has 0 saturated carbocycles. The van der Waals surface area contributed by atoms with Gasteiger partial charge in [0.05, 0.1) is 17.3 Å². The third kappa shape index (κ3) is 4.06. The summed E-state index contributed by atoms with van der Waals surface area (Å²) in [6.07, 6.45) is 0. The zero-order chi connectivity index (χ0) is 16.1. The van der Waals surface area contributed by atoms with E-state index in [4.69, 9.17) is 9.47 Å². The predicted molar refractivity (Wildman–Crippen MR) is 100 cm³/mol. The quantitative estimate of drug-likeness (QED) is 0.684. The third-order valence-electron chi connectivity index (χ3n) is 3.44. The van der Waals surface area contributed by atoms with E-state index in [1.807, 2.05) is 13.0 Å². The van der Waals surface area contributed by atoms with E-state index < -0.39 is 0 Å². The van der Waals surface area contributed by atoms with Crippen LogP contribution >= 0.6 is 22.6 Å². The van der Waals surface area contributed by atoms with Gasteiger partial charge >= 0.3 is 0 Å².